The molecule has 0 radical (unpaired) electrons. The summed E-state index contributed by atoms with van der Waals surface area (Å²) in [6.45, 7) is 3.25. The fraction of sp³-hybridized carbons (Fsp3) is 0.977. The lowest BCUT2D eigenvalue weighted by Crippen LogP contribution is -2.63. The molecule has 57 heavy (non-hydrogen) atoms. The van der Waals surface area contributed by atoms with Crippen LogP contribution in [-0.4, -0.2) is 128 Å². The van der Waals surface area contributed by atoms with Crippen molar-refractivity contribution in [3.05, 3.63) is 0 Å². The number of rotatable bonds is 34. The summed E-state index contributed by atoms with van der Waals surface area (Å²) in [4.78, 5) is 13.5. The third kappa shape index (κ3) is 20.4. The van der Waals surface area contributed by atoms with Crippen molar-refractivity contribution >= 4 is 5.97 Å². The lowest BCUT2D eigenvalue weighted by molar-refractivity contribution is -0.376. The molecule has 0 aromatic carbocycles. The molecule has 0 bridgehead atoms. The van der Waals surface area contributed by atoms with Crippen LogP contribution in [0.2, 0.25) is 0 Å². The Morgan fingerprint density at radius 3 is 1.25 bits per heavy atom. The topological polar surface area (TPSA) is 216 Å². The van der Waals surface area contributed by atoms with Gasteiger partial charge in [-0.05, 0) is 12.8 Å². The first kappa shape index (κ1) is 52.2. The number of esters is 1. The van der Waals surface area contributed by atoms with Crippen LogP contribution in [0.15, 0.2) is 0 Å². The minimum atomic E-state index is -1.82. The maximum atomic E-state index is 13.5. The molecular weight excluding hydrogens is 736 g/mol. The minimum Gasteiger partial charge on any atom is -0.463 e. The van der Waals surface area contributed by atoms with Gasteiger partial charge in [0.2, 0.25) is 0 Å². The third-order valence-corrected chi connectivity index (χ3v) is 11.9. The number of aliphatic hydroxyl groups excluding tert-OH is 8. The lowest BCUT2D eigenvalue weighted by Gasteiger charge is -2.44. The molecule has 2 heterocycles. The Morgan fingerprint density at radius 1 is 0.491 bits per heavy atom. The Bertz CT molecular complexity index is 972. The average molecular weight is 821 g/mol. The summed E-state index contributed by atoms with van der Waals surface area (Å²) in [5, 5.41) is 83.2. The van der Waals surface area contributed by atoms with Gasteiger partial charge in [-0.25, -0.2) is 0 Å². The predicted octanol–water partition coefficient (Wildman–Crippen LogP) is 5.70. The van der Waals surface area contributed by atoms with Gasteiger partial charge >= 0.3 is 5.97 Å². The highest BCUT2D eigenvalue weighted by molar-refractivity contribution is 5.73. The molecule has 338 valence electrons. The van der Waals surface area contributed by atoms with Crippen LogP contribution >= 0.6 is 0 Å². The molecule has 2 saturated heterocycles. The monoisotopic (exact) mass is 821 g/mol. The van der Waals surface area contributed by atoms with E-state index in [1.165, 1.54) is 116 Å². The summed E-state index contributed by atoms with van der Waals surface area (Å²) in [5.74, 6) is -1.41. The summed E-state index contributed by atoms with van der Waals surface area (Å²) >= 11 is 0. The van der Waals surface area contributed by atoms with E-state index in [1.54, 1.807) is 0 Å². The first-order chi connectivity index (χ1) is 27.6. The maximum absolute atomic E-state index is 13.5. The van der Waals surface area contributed by atoms with Crippen LogP contribution < -0.4 is 0 Å². The number of ether oxygens (including phenoxy) is 4. The molecule has 12 atom stereocenters. The summed E-state index contributed by atoms with van der Waals surface area (Å²) in [6, 6.07) is 0. The summed E-state index contributed by atoms with van der Waals surface area (Å²) in [7, 11) is 0. The molecular formula is C44H84O13. The summed E-state index contributed by atoms with van der Waals surface area (Å²) in [5.41, 5.74) is 0. The van der Waals surface area contributed by atoms with Crippen molar-refractivity contribution in [2.75, 3.05) is 13.2 Å². The van der Waals surface area contributed by atoms with Crippen LogP contribution in [-0.2, 0) is 23.7 Å². The molecule has 0 saturated carbocycles. The number of unbranched alkanes of at least 4 members (excludes halogenated alkanes) is 23. The number of hydrogen-bond acceptors (Lipinski definition) is 13. The SMILES string of the molecule is CCCCCCCCCCCCCCC[C@H](O)[C@H](CCCCCCCCCCCCCC)C(=O)OC[C@H]1O[C@H](O[C@H]2O[C@H](CO)[C@@H](O)[C@H](O)[C@H]2O)[C@H](O)[C@@H](O)[C@@H]1O. The van der Waals surface area contributed by atoms with Gasteiger partial charge in [0.05, 0.1) is 18.6 Å². The molecule has 2 rings (SSSR count). The number of carbonyl (C=O) groups excluding carboxylic acids is 1. The van der Waals surface area contributed by atoms with E-state index in [2.05, 4.69) is 13.8 Å². The van der Waals surface area contributed by atoms with Gasteiger partial charge in [0.25, 0.3) is 0 Å². The smallest absolute Gasteiger partial charge is 0.311 e. The Balaban J connectivity index is 1.87. The van der Waals surface area contributed by atoms with Gasteiger partial charge in [-0.1, -0.05) is 174 Å². The van der Waals surface area contributed by atoms with E-state index in [1.807, 2.05) is 0 Å². The second kappa shape index (κ2) is 31.8. The van der Waals surface area contributed by atoms with E-state index in [-0.39, 0.29) is 0 Å². The quantitative estimate of drug-likeness (QED) is 0.0289. The van der Waals surface area contributed by atoms with Gasteiger partial charge in [0.1, 0.15) is 55.4 Å². The highest BCUT2D eigenvalue weighted by Crippen LogP contribution is 2.29. The first-order valence-corrected chi connectivity index (χ1v) is 23.1. The predicted molar refractivity (Wildman–Crippen MR) is 218 cm³/mol. The van der Waals surface area contributed by atoms with Crippen LogP contribution in [0.5, 0.6) is 0 Å². The highest BCUT2D eigenvalue weighted by atomic mass is 16.8. The molecule has 0 aromatic rings. The zero-order chi connectivity index (χ0) is 41.8. The van der Waals surface area contributed by atoms with Crippen molar-refractivity contribution in [2.45, 2.75) is 255 Å². The molecule has 8 N–H and O–H groups in total. The Morgan fingerprint density at radius 2 is 0.842 bits per heavy atom. The van der Waals surface area contributed by atoms with E-state index < -0.39 is 92.6 Å². The zero-order valence-electron chi connectivity index (χ0n) is 35.6. The molecule has 0 aliphatic carbocycles. The fourth-order valence-corrected chi connectivity index (χ4v) is 7.99. The molecule has 0 aromatic heterocycles. The van der Waals surface area contributed by atoms with Crippen molar-refractivity contribution in [3.8, 4) is 0 Å². The van der Waals surface area contributed by atoms with Gasteiger partial charge < -0.3 is 59.8 Å². The van der Waals surface area contributed by atoms with Crippen molar-refractivity contribution in [2.24, 2.45) is 5.92 Å². The van der Waals surface area contributed by atoms with E-state index in [0.717, 1.165) is 44.9 Å². The lowest BCUT2D eigenvalue weighted by atomic mass is 9.91. The number of carbonyl (C=O) groups is 1. The van der Waals surface area contributed by atoms with Gasteiger partial charge in [0, 0.05) is 0 Å². The van der Waals surface area contributed by atoms with Crippen LogP contribution in [0.25, 0.3) is 0 Å². The van der Waals surface area contributed by atoms with Crippen LogP contribution in [0.1, 0.15) is 187 Å². The van der Waals surface area contributed by atoms with Gasteiger partial charge in [0.15, 0.2) is 12.6 Å². The van der Waals surface area contributed by atoms with Gasteiger partial charge in [-0.2, -0.15) is 0 Å². The highest BCUT2D eigenvalue weighted by Gasteiger charge is 2.50. The normalized spacial score (nSPS) is 29.0. The average Bonchev–Trinajstić information content (AvgIpc) is 3.20. The van der Waals surface area contributed by atoms with E-state index in [0.29, 0.717) is 12.8 Å². The zero-order valence-corrected chi connectivity index (χ0v) is 35.6. The van der Waals surface area contributed by atoms with Crippen molar-refractivity contribution < 1.29 is 64.6 Å². The molecule has 2 fully saturated rings. The van der Waals surface area contributed by atoms with Crippen LogP contribution in [0.4, 0.5) is 0 Å². The second-order valence-electron chi connectivity index (χ2n) is 16.9. The Hall–Kier alpha value is -0.970. The molecule has 0 spiro atoms. The molecule has 13 nitrogen and oxygen atoms in total. The fourth-order valence-electron chi connectivity index (χ4n) is 7.99. The summed E-state index contributed by atoms with van der Waals surface area (Å²) < 4.78 is 22.1. The number of hydrogen-bond donors (Lipinski definition) is 8. The standard InChI is InChI=1S/C44H84O13/c1-3-5-7-9-11-13-15-17-19-21-23-25-27-29-33(46)32(28-26-24-22-20-18-16-14-12-10-8-6-4-2)42(53)54-31-35-37(48)39(50)41(52)44(56-35)57-43-40(51)38(49)36(47)34(30-45)55-43/h32-41,43-52H,3-31H2,1-2H3/t32-,33-,34+,35+,36+,37+,38-,39-,40+,41+,43+,44+/m0/s1. The Labute approximate surface area is 343 Å². The number of aliphatic hydroxyl groups is 8. The van der Waals surface area contributed by atoms with Crippen molar-refractivity contribution in [1.82, 2.24) is 0 Å². The van der Waals surface area contributed by atoms with Crippen LogP contribution in [0.3, 0.4) is 0 Å². The van der Waals surface area contributed by atoms with E-state index in [4.69, 9.17) is 18.9 Å². The molecule has 0 unspecified atom stereocenters. The maximum Gasteiger partial charge on any atom is 0.311 e. The van der Waals surface area contributed by atoms with Gasteiger partial charge in [-0.3, -0.25) is 4.79 Å². The van der Waals surface area contributed by atoms with E-state index in [9.17, 15) is 45.6 Å². The van der Waals surface area contributed by atoms with E-state index >= 15 is 0 Å². The minimum absolute atomic E-state index is 0.453. The second-order valence-corrected chi connectivity index (χ2v) is 16.9. The molecule has 2 aliphatic rings. The molecule has 13 heteroatoms. The third-order valence-electron chi connectivity index (χ3n) is 11.9. The van der Waals surface area contributed by atoms with Crippen molar-refractivity contribution in [1.29, 1.82) is 0 Å². The largest absolute Gasteiger partial charge is 0.463 e. The molecule has 0 amide bonds. The first-order valence-electron chi connectivity index (χ1n) is 23.1. The Kier molecular flexibility index (Phi) is 29.1. The summed E-state index contributed by atoms with van der Waals surface area (Å²) in [6.07, 6.45) is 13.5. The van der Waals surface area contributed by atoms with Gasteiger partial charge in [-0.15, -0.1) is 0 Å². The molecule has 2 aliphatic heterocycles. The van der Waals surface area contributed by atoms with Crippen molar-refractivity contribution in [3.63, 3.8) is 0 Å². The van der Waals surface area contributed by atoms with Crippen LogP contribution in [0, 0.1) is 5.92 Å².